The van der Waals surface area contributed by atoms with Crippen molar-refractivity contribution in [3.8, 4) is 0 Å². The molecule has 4 aliphatic rings. The van der Waals surface area contributed by atoms with E-state index in [-0.39, 0.29) is 5.54 Å². The second kappa shape index (κ2) is 9.97. The molecule has 0 amide bonds. The highest BCUT2D eigenvalue weighted by molar-refractivity contribution is 5.79. The van der Waals surface area contributed by atoms with Gasteiger partial charge in [-0.3, -0.25) is 4.90 Å². The quantitative estimate of drug-likeness (QED) is 0.491. The highest BCUT2D eigenvalue weighted by Crippen LogP contribution is 2.46. The first-order chi connectivity index (χ1) is 18.7. The van der Waals surface area contributed by atoms with Gasteiger partial charge in [-0.05, 0) is 50.3 Å². The first-order valence-electron chi connectivity index (χ1n) is 14.5. The fraction of sp³-hybridized carbons (Fsp3) is 0.567. The lowest BCUT2D eigenvalue weighted by Crippen LogP contribution is -2.49. The molecule has 1 N–H and O–H groups in total. The number of rotatable bonds is 4. The van der Waals surface area contributed by atoms with Crippen LogP contribution in [0.1, 0.15) is 57.1 Å². The summed E-state index contributed by atoms with van der Waals surface area (Å²) in [5.41, 5.74) is 5.05. The zero-order valence-electron chi connectivity index (χ0n) is 22.4. The summed E-state index contributed by atoms with van der Waals surface area (Å²) in [7, 11) is 0. The van der Waals surface area contributed by atoms with Gasteiger partial charge in [-0.25, -0.2) is 9.97 Å². The molecule has 0 radical (unpaired) electrons. The van der Waals surface area contributed by atoms with Crippen molar-refractivity contribution in [2.45, 2.75) is 69.4 Å². The zero-order chi connectivity index (χ0) is 25.5. The number of piperidine rings is 1. The standard InChI is InChI=1S/C30H39N7O/c1-22-17-26-18-23-20-32-29(34-28(23)37(26)30(19-22)9-3-2-4-10-30)33-27-6-5-25(21-31-27)35-11-7-24(8-12-35)36-13-15-38-16-14-36/h5-6,18,20-21,24H,1-4,7-17,19H2,(H,31,32,33,34). The molecule has 0 bridgehead atoms. The van der Waals surface area contributed by atoms with E-state index in [2.05, 4.69) is 49.4 Å². The Hall–Kier alpha value is -2.97. The molecule has 0 aromatic carbocycles. The average molecular weight is 514 g/mol. The normalized spacial score (nSPS) is 22.6. The number of hydrogen-bond acceptors (Lipinski definition) is 7. The molecule has 7 rings (SSSR count). The summed E-state index contributed by atoms with van der Waals surface area (Å²) in [6.07, 6.45) is 14.7. The van der Waals surface area contributed by atoms with Crippen molar-refractivity contribution in [1.82, 2.24) is 24.4 Å². The fourth-order valence-electron chi connectivity index (χ4n) is 7.43. The lowest BCUT2D eigenvalue weighted by molar-refractivity contribution is 0.0115. The van der Waals surface area contributed by atoms with Gasteiger partial charge in [0.15, 0.2) is 0 Å². The third kappa shape index (κ3) is 4.47. The lowest BCUT2D eigenvalue weighted by atomic mass is 9.74. The van der Waals surface area contributed by atoms with Crippen molar-refractivity contribution in [2.24, 2.45) is 0 Å². The third-order valence-corrected chi connectivity index (χ3v) is 9.27. The maximum absolute atomic E-state index is 5.53. The third-order valence-electron chi connectivity index (χ3n) is 9.27. The minimum atomic E-state index is 0.130. The van der Waals surface area contributed by atoms with Crippen LogP contribution >= 0.6 is 0 Å². The number of ether oxygens (including phenoxy) is 1. The van der Waals surface area contributed by atoms with E-state index in [1.165, 1.54) is 61.9 Å². The van der Waals surface area contributed by atoms with E-state index >= 15 is 0 Å². The Kier molecular flexibility index (Phi) is 6.32. The monoisotopic (exact) mass is 513 g/mol. The Bertz CT molecular complexity index is 1300. The minimum Gasteiger partial charge on any atom is -0.379 e. The van der Waals surface area contributed by atoms with Crippen molar-refractivity contribution < 1.29 is 4.74 Å². The minimum absolute atomic E-state index is 0.130. The van der Waals surface area contributed by atoms with E-state index in [9.17, 15) is 0 Å². The van der Waals surface area contributed by atoms with Gasteiger partial charge in [0.2, 0.25) is 5.95 Å². The number of anilines is 3. The van der Waals surface area contributed by atoms with Crippen LogP contribution in [0.2, 0.25) is 0 Å². The number of allylic oxidation sites excluding steroid dienone is 1. The molecular formula is C30H39N7O. The predicted octanol–water partition coefficient (Wildman–Crippen LogP) is 5.03. The maximum Gasteiger partial charge on any atom is 0.230 e. The highest BCUT2D eigenvalue weighted by Gasteiger charge is 2.40. The molecule has 38 heavy (non-hydrogen) atoms. The Morgan fingerprint density at radius 2 is 1.79 bits per heavy atom. The van der Waals surface area contributed by atoms with E-state index in [1.54, 1.807) is 0 Å². The Labute approximate surface area is 225 Å². The summed E-state index contributed by atoms with van der Waals surface area (Å²) < 4.78 is 8.07. The molecule has 3 aromatic rings. The molecule has 1 saturated carbocycles. The topological polar surface area (TPSA) is 71.3 Å². The molecule has 2 saturated heterocycles. The first-order valence-corrected chi connectivity index (χ1v) is 14.5. The van der Waals surface area contributed by atoms with Crippen molar-refractivity contribution in [2.75, 3.05) is 49.6 Å². The molecule has 200 valence electrons. The van der Waals surface area contributed by atoms with Crippen LogP contribution in [0.3, 0.4) is 0 Å². The van der Waals surface area contributed by atoms with Crippen LogP contribution in [-0.4, -0.2) is 69.9 Å². The highest BCUT2D eigenvalue weighted by atomic mass is 16.5. The van der Waals surface area contributed by atoms with Gasteiger partial charge in [-0.1, -0.05) is 31.4 Å². The van der Waals surface area contributed by atoms with E-state index in [4.69, 9.17) is 14.7 Å². The van der Waals surface area contributed by atoms with Crippen molar-refractivity contribution in [3.63, 3.8) is 0 Å². The number of aromatic nitrogens is 4. The number of nitrogens with one attached hydrogen (secondary N) is 1. The van der Waals surface area contributed by atoms with Gasteiger partial charge < -0.3 is 19.5 Å². The second-order valence-electron chi connectivity index (χ2n) is 11.7. The molecule has 3 aromatic heterocycles. The van der Waals surface area contributed by atoms with Crippen molar-refractivity contribution >= 4 is 28.5 Å². The van der Waals surface area contributed by atoms with E-state index in [0.29, 0.717) is 12.0 Å². The van der Waals surface area contributed by atoms with Crippen LogP contribution in [-0.2, 0) is 16.7 Å². The lowest BCUT2D eigenvalue weighted by Gasteiger charge is -2.44. The number of hydrogen-bond donors (Lipinski definition) is 1. The van der Waals surface area contributed by atoms with Crippen LogP contribution < -0.4 is 10.2 Å². The van der Waals surface area contributed by atoms with Crippen LogP contribution in [0.15, 0.2) is 42.7 Å². The number of nitrogens with zero attached hydrogens (tertiary/aromatic N) is 6. The average Bonchev–Trinajstić information content (AvgIpc) is 3.33. The molecule has 8 nitrogen and oxygen atoms in total. The van der Waals surface area contributed by atoms with Gasteiger partial charge in [-0.15, -0.1) is 0 Å². The molecule has 1 spiro atoms. The smallest absolute Gasteiger partial charge is 0.230 e. The van der Waals surface area contributed by atoms with Gasteiger partial charge in [0.05, 0.1) is 25.1 Å². The van der Waals surface area contributed by atoms with E-state index < -0.39 is 0 Å². The summed E-state index contributed by atoms with van der Waals surface area (Å²) in [4.78, 5) is 19.5. The SMILES string of the molecule is C=C1Cc2cc3cnc(Nc4ccc(N5CCC(N6CCOCC6)CC5)cn4)nc3n2C2(CCCCC2)C1. The summed E-state index contributed by atoms with van der Waals surface area (Å²) >= 11 is 0. The predicted molar refractivity (Wildman–Crippen MR) is 151 cm³/mol. The largest absolute Gasteiger partial charge is 0.379 e. The van der Waals surface area contributed by atoms with Gasteiger partial charge in [0.1, 0.15) is 11.5 Å². The number of fused-ring (bicyclic) bond motifs is 4. The summed E-state index contributed by atoms with van der Waals surface area (Å²) in [5.74, 6) is 1.39. The number of pyridine rings is 1. The van der Waals surface area contributed by atoms with Gasteiger partial charge in [-0.2, -0.15) is 4.98 Å². The molecular weight excluding hydrogens is 474 g/mol. The summed E-state index contributed by atoms with van der Waals surface area (Å²) in [6.45, 7) is 10.4. The molecule has 3 fully saturated rings. The fourth-order valence-corrected chi connectivity index (χ4v) is 7.43. The van der Waals surface area contributed by atoms with E-state index in [1.807, 2.05) is 12.4 Å². The Morgan fingerprint density at radius 3 is 2.55 bits per heavy atom. The van der Waals surface area contributed by atoms with Crippen LogP contribution in [0, 0.1) is 0 Å². The van der Waals surface area contributed by atoms with Gasteiger partial charge >= 0.3 is 0 Å². The van der Waals surface area contributed by atoms with Crippen molar-refractivity contribution in [3.05, 3.63) is 48.4 Å². The number of morpholine rings is 1. The zero-order valence-corrected chi connectivity index (χ0v) is 22.4. The molecule has 6 heterocycles. The molecule has 3 aliphatic heterocycles. The van der Waals surface area contributed by atoms with Gasteiger partial charge in [0, 0.05) is 61.5 Å². The Morgan fingerprint density at radius 1 is 0.974 bits per heavy atom. The van der Waals surface area contributed by atoms with Crippen LogP contribution in [0.5, 0.6) is 0 Å². The van der Waals surface area contributed by atoms with Gasteiger partial charge in [0.25, 0.3) is 0 Å². The summed E-state index contributed by atoms with van der Waals surface area (Å²) in [5, 5.41) is 4.49. The van der Waals surface area contributed by atoms with Crippen LogP contribution in [0.25, 0.3) is 11.0 Å². The van der Waals surface area contributed by atoms with Crippen LogP contribution in [0.4, 0.5) is 17.5 Å². The molecule has 8 heteroatoms. The first kappa shape index (κ1) is 24.1. The Balaban J connectivity index is 1.06. The molecule has 0 unspecified atom stereocenters. The molecule has 1 aliphatic carbocycles. The maximum atomic E-state index is 5.53. The molecule has 0 atom stereocenters. The van der Waals surface area contributed by atoms with Crippen molar-refractivity contribution in [1.29, 1.82) is 0 Å². The summed E-state index contributed by atoms with van der Waals surface area (Å²) in [6, 6.07) is 7.18. The second-order valence-corrected chi connectivity index (χ2v) is 11.7. The van der Waals surface area contributed by atoms with E-state index in [0.717, 1.165) is 69.1 Å².